The van der Waals surface area contributed by atoms with Crippen molar-refractivity contribution in [3.05, 3.63) is 84.7 Å². The van der Waals surface area contributed by atoms with Gasteiger partial charge in [-0.05, 0) is 50.2 Å². The summed E-state index contributed by atoms with van der Waals surface area (Å²) in [6, 6.07) is 20.9. The SMILES string of the molecule is CC(C)Oc1ccc(-c2cc(C(=O)Nc3cc[nH+]cc3)c3ccccc3n2)cc1. The van der Waals surface area contributed by atoms with Gasteiger partial charge in [0.25, 0.3) is 5.91 Å². The van der Waals surface area contributed by atoms with E-state index < -0.39 is 0 Å². The van der Waals surface area contributed by atoms with E-state index >= 15 is 0 Å². The van der Waals surface area contributed by atoms with Crippen molar-refractivity contribution in [3.63, 3.8) is 0 Å². The highest BCUT2D eigenvalue weighted by Crippen LogP contribution is 2.27. The molecule has 0 aliphatic rings. The Morgan fingerprint density at radius 3 is 2.45 bits per heavy atom. The first kappa shape index (κ1) is 18.6. The number of ether oxygens (including phenoxy) is 1. The number of benzene rings is 2. The monoisotopic (exact) mass is 384 g/mol. The summed E-state index contributed by atoms with van der Waals surface area (Å²) < 4.78 is 5.72. The van der Waals surface area contributed by atoms with Crippen LogP contribution in [-0.4, -0.2) is 17.0 Å². The van der Waals surface area contributed by atoms with Crippen molar-refractivity contribution < 1.29 is 14.5 Å². The van der Waals surface area contributed by atoms with Crippen LogP contribution >= 0.6 is 0 Å². The Bertz CT molecular complexity index is 1140. The number of carbonyl (C=O) groups is 1. The zero-order chi connectivity index (χ0) is 20.2. The highest BCUT2D eigenvalue weighted by atomic mass is 16.5. The Balaban J connectivity index is 1.73. The smallest absolute Gasteiger partial charge is 0.256 e. The van der Waals surface area contributed by atoms with E-state index in [4.69, 9.17) is 9.72 Å². The molecule has 1 amide bonds. The van der Waals surface area contributed by atoms with Crippen LogP contribution in [0, 0.1) is 0 Å². The molecule has 4 rings (SSSR count). The zero-order valence-corrected chi connectivity index (χ0v) is 16.3. The number of H-pyrrole nitrogens is 1. The van der Waals surface area contributed by atoms with E-state index in [1.165, 1.54) is 0 Å². The van der Waals surface area contributed by atoms with E-state index in [0.29, 0.717) is 5.56 Å². The molecule has 5 heteroatoms. The minimum Gasteiger partial charge on any atom is -0.491 e. The molecule has 2 heterocycles. The van der Waals surface area contributed by atoms with Crippen molar-refractivity contribution in [3.8, 4) is 17.0 Å². The first-order valence-corrected chi connectivity index (χ1v) is 9.54. The molecule has 5 nitrogen and oxygen atoms in total. The van der Waals surface area contributed by atoms with E-state index in [1.54, 1.807) is 12.4 Å². The molecule has 0 spiro atoms. The van der Waals surface area contributed by atoms with E-state index in [2.05, 4.69) is 10.3 Å². The Kier molecular flexibility index (Phi) is 5.20. The molecule has 0 bridgehead atoms. The number of rotatable bonds is 5. The van der Waals surface area contributed by atoms with Crippen LogP contribution in [0.25, 0.3) is 22.2 Å². The molecule has 0 saturated carbocycles. The molecule has 0 saturated heterocycles. The summed E-state index contributed by atoms with van der Waals surface area (Å²) in [4.78, 5) is 20.7. The molecule has 0 aliphatic heterocycles. The summed E-state index contributed by atoms with van der Waals surface area (Å²) in [7, 11) is 0. The lowest BCUT2D eigenvalue weighted by Gasteiger charge is -2.12. The number of aromatic amines is 1. The van der Waals surface area contributed by atoms with Crippen molar-refractivity contribution in [1.29, 1.82) is 0 Å². The summed E-state index contributed by atoms with van der Waals surface area (Å²) in [5.74, 6) is 0.638. The molecule has 144 valence electrons. The van der Waals surface area contributed by atoms with Gasteiger partial charge >= 0.3 is 0 Å². The molecule has 0 radical (unpaired) electrons. The van der Waals surface area contributed by atoms with Crippen LogP contribution in [0.3, 0.4) is 0 Å². The molecule has 0 aliphatic carbocycles. The standard InChI is InChI=1S/C24H21N3O2/c1-16(2)29-19-9-7-17(8-10-19)23-15-21(20-5-3-4-6-22(20)27-23)24(28)26-18-11-13-25-14-12-18/h3-16H,1-2H3,(H,25,26,28)/p+1. The molecule has 4 aromatic rings. The molecular formula is C24H22N3O2+. The van der Waals surface area contributed by atoms with Gasteiger partial charge in [-0.2, -0.15) is 0 Å². The number of para-hydroxylation sites is 1. The van der Waals surface area contributed by atoms with Gasteiger partial charge < -0.3 is 10.1 Å². The lowest BCUT2D eigenvalue weighted by atomic mass is 10.0. The minimum atomic E-state index is -0.171. The summed E-state index contributed by atoms with van der Waals surface area (Å²) in [5.41, 5.74) is 3.76. The number of hydrogen-bond acceptors (Lipinski definition) is 3. The molecule has 0 unspecified atom stereocenters. The first-order chi connectivity index (χ1) is 14.1. The first-order valence-electron chi connectivity index (χ1n) is 9.54. The van der Waals surface area contributed by atoms with Crippen molar-refractivity contribution >= 4 is 22.5 Å². The number of fused-ring (bicyclic) bond motifs is 1. The molecule has 2 aromatic heterocycles. The van der Waals surface area contributed by atoms with Crippen molar-refractivity contribution in [2.75, 3.05) is 5.32 Å². The van der Waals surface area contributed by atoms with E-state index in [1.807, 2.05) is 80.6 Å². The fourth-order valence-electron chi connectivity index (χ4n) is 3.16. The van der Waals surface area contributed by atoms with Gasteiger partial charge in [0.1, 0.15) is 5.75 Å². The predicted octanol–water partition coefficient (Wildman–Crippen LogP) is 4.76. The number of aromatic nitrogens is 2. The van der Waals surface area contributed by atoms with Gasteiger partial charge in [0.05, 0.1) is 28.6 Å². The molecule has 29 heavy (non-hydrogen) atoms. The third kappa shape index (κ3) is 4.24. The minimum absolute atomic E-state index is 0.116. The van der Waals surface area contributed by atoms with Gasteiger partial charge in [0, 0.05) is 23.1 Å². The number of carbonyl (C=O) groups excluding carboxylic acids is 1. The van der Waals surface area contributed by atoms with Crippen molar-refractivity contribution in [2.24, 2.45) is 0 Å². The van der Waals surface area contributed by atoms with E-state index in [-0.39, 0.29) is 12.0 Å². The maximum absolute atomic E-state index is 13.0. The van der Waals surface area contributed by atoms with Gasteiger partial charge in [0.2, 0.25) is 0 Å². The van der Waals surface area contributed by atoms with Crippen LogP contribution in [0.2, 0.25) is 0 Å². The second-order valence-electron chi connectivity index (χ2n) is 7.01. The summed E-state index contributed by atoms with van der Waals surface area (Å²) >= 11 is 0. The van der Waals surface area contributed by atoms with Crippen LogP contribution in [0.1, 0.15) is 24.2 Å². The summed E-state index contributed by atoms with van der Waals surface area (Å²) in [6.45, 7) is 3.99. The lowest BCUT2D eigenvalue weighted by molar-refractivity contribution is -0.377. The molecular weight excluding hydrogens is 362 g/mol. The topological polar surface area (TPSA) is 65.4 Å². The largest absolute Gasteiger partial charge is 0.491 e. The van der Waals surface area contributed by atoms with Crippen molar-refractivity contribution in [2.45, 2.75) is 20.0 Å². The Labute approximate surface area is 169 Å². The van der Waals surface area contributed by atoms with Gasteiger partial charge in [0.15, 0.2) is 12.4 Å². The molecule has 2 aromatic carbocycles. The number of nitrogens with zero attached hydrogens (tertiary/aromatic N) is 1. The zero-order valence-electron chi connectivity index (χ0n) is 16.3. The summed E-state index contributed by atoms with van der Waals surface area (Å²) in [6.07, 6.45) is 3.66. The average Bonchev–Trinajstić information content (AvgIpc) is 2.74. The van der Waals surface area contributed by atoms with Gasteiger partial charge in [-0.3, -0.25) is 4.79 Å². The average molecular weight is 384 g/mol. The fraction of sp³-hybridized carbons (Fsp3) is 0.125. The fourth-order valence-corrected chi connectivity index (χ4v) is 3.16. The maximum Gasteiger partial charge on any atom is 0.256 e. The van der Waals surface area contributed by atoms with Crippen LogP contribution in [-0.2, 0) is 0 Å². The van der Waals surface area contributed by atoms with Crippen LogP contribution in [0.15, 0.2) is 79.1 Å². The Morgan fingerprint density at radius 1 is 1.00 bits per heavy atom. The third-order valence-electron chi connectivity index (χ3n) is 4.46. The Hall–Kier alpha value is -3.73. The third-order valence-corrected chi connectivity index (χ3v) is 4.46. The van der Waals surface area contributed by atoms with E-state index in [9.17, 15) is 4.79 Å². The lowest BCUT2D eigenvalue weighted by Crippen LogP contribution is -2.14. The molecule has 0 atom stereocenters. The molecule has 0 fully saturated rings. The van der Waals surface area contributed by atoms with Crippen LogP contribution < -0.4 is 15.0 Å². The number of hydrogen-bond donors (Lipinski definition) is 1. The van der Waals surface area contributed by atoms with Crippen molar-refractivity contribution in [1.82, 2.24) is 4.98 Å². The number of anilines is 1. The Morgan fingerprint density at radius 2 is 1.72 bits per heavy atom. The second-order valence-corrected chi connectivity index (χ2v) is 7.01. The molecule has 2 N–H and O–H groups in total. The van der Waals surface area contributed by atoms with Crippen LogP contribution in [0.5, 0.6) is 5.75 Å². The number of amides is 1. The van der Waals surface area contributed by atoms with E-state index in [0.717, 1.165) is 33.6 Å². The predicted molar refractivity (Wildman–Crippen MR) is 114 cm³/mol. The highest BCUT2D eigenvalue weighted by molar-refractivity contribution is 6.13. The highest BCUT2D eigenvalue weighted by Gasteiger charge is 2.14. The van der Waals surface area contributed by atoms with Gasteiger partial charge in [-0.25, -0.2) is 9.97 Å². The summed E-state index contributed by atoms with van der Waals surface area (Å²) in [5, 5.41) is 3.77. The number of nitrogens with one attached hydrogen (secondary N) is 2. The van der Waals surface area contributed by atoms with Gasteiger partial charge in [-0.15, -0.1) is 0 Å². The van der Waals surface area contributed by atoms with Crippen LogP contribution in [0.4, 0.5) is 5.69 Å². The number of pyridine rings is 2. The quantitative estimate of drug-likeness (QED) is 0.540. The second kappa shape index (κ2) is 8.10. The van der Waals surface area contributed by atoms with Gasteiger partial charge in [-0.1, -0.05) is 18.2 Å². The maximum atomic E-state index is 13.0. The normalized spacial score (nSPS) is 10.9.